The number of hydrogen-bond donors (Lipinski definition) is 1. The van der Waals surface area contributed by atoms with Crippen LogP contribution in [0.2, 0.25) is 0 Å². The summed E-state index contributed by atoms with van der Waals surface area (Å²) in [6.45, 7) is 9.23. The Bertz CT molecular complexity index is 879. The van der Waals surface area contributed by atoms with Crippen molar-refractivity contribution >= 4 is 17.7 Å². The Labute approximate surface area is 155 Å². The Balaban J connectivity index is 1.75. The van der Waals surface area contributed by atoms with Gasteiger partial charge < -0.3 is 10.2 Å². The topological polar surface area (TPSA) is 32.3 Å². The second kappa shape index (κ2) is 5.73. The van der Waals surface area contributed by atoms with Crippen LogP contribution in [-0.2, 0) is 10.2 Å². The van der Waals surface area contributed by atoms with Gasteiger partial charge in [0.25, 0.3) is 0 Å². The summed E-state index contributed by atoms with van der Waals surface area (Å²) in [5, 5.41) is 3.27. The van der Waals surface area contributed by atoms with Crippen LogP contribution in [0.25, 0.3) is 6.08 Å². The average molecular weight is 346 g/mol. The molecule has 3 heteroatoms. The Morgan fingerprint density at radius 2 is 1.77 bits per heavy atom. The number of carbonyl (C=O) groups excluding carboxylic acids is 1. The first-order valence-electron chi connectivity index (χ1n) is 9.32. The summed E-state index contributed by atoms with van der Waals surface area (Å²) in [5.41, 5.74) is 4.17. The van der Waals surface area contributed by atoms with Crippen molar-refractivity contribution in [3.05, 3.63) is 71.3 Å². The third-order valence-corrected chi connectivity index (χ3v) is 6.00. The SMILES string of the molecule is CC(C)c1ccc(C=CC23NC(=O)CN2c2ccccc2C3(C)C)cc1. The third-order valence-electron chi connectivity index (χ3n) is 6.00. The molecule has 1 N–H and O–H groups in total. The zero-order valence-electron chi connectivity index (χ0n) is 15.9. The predicted octanol–water partition coefficient (Wildman–Crippen LogP) is 4.45. The summed E-state index contributed by atoms with van der Waals surface area (Å²) in [5.74, 6) is 0.604. The van der Waals surface area contributed by atoms with Gasteiger partial charge in [0.1, 0.15) is 5.66 Å². The quantitative estimate of drug-likeness (QED) is 0.891. The predicted molar refractivity (Wildman–Crippen MR) is 107 cm³/mol. The van der Waals surface area contributed by atoms with E-state index in [0.29, 0.717) is 12.5 Å². The van der Waals surface area contributed by atoms with Crippen molar-refractivity contribution in [2.24, 2.45) is 0 Å². The van der Waals surface area contributed by atoms with Gasteiger partial charge in [0.2, 0.25) is 5.91 Å². The first-order chi connectivity index (χ1) is 12.3. The van der Waals surface area contributed by atoms with Gasteiger partial charge in [-0.1, -0.05) is 76.2 Å². The first-order valence-corrected chi connectivity index (χ1v) is 9.32. The van der Waals surface area contributed by atoms with Gasteiger partial charge in [-0.05, 0) is 34.8 Å². The van der Waals surface area contributed by atoms with E-state index in [1.165, 1.54) is 11.1 Å². The number of fused-ring (bicyclic) bond motifs is 3. The monoisotopic (exact) mass is 346 g/mol. The molecule has 0 bridgehead atoms. The van der Waals surface area contributed by atoms with Crippen LogP contribution < -0.4 is 10.2 Å². The van der Waals surface area contributed by atoms with Gasteiger partial charge in [0, 0.05) is 11.1 Å². The highest BCUT2D eigenvalue weighted by Crippen LogP contribution is 2.52. The van der Waals surface area contributed by atoms with E-state index in [4.69, 9.17) is 0 Å². The molecule has 0 aliphatic carbocycles. The zero-order chi connectivity index (χ0) is 18.5. The van der Waals surface area contributed by atoms with Gasteiger partial charge in [0.15, 0.2) is 0 Å². The third kappa shape index (κ3) is 2.30. The molecule has 3 nitrogen and oxygen atoms in total. The van der Waals surface area contributed by atoms with Crippen molar-refractivity contribution in [1.82, 2.24) is 5.32 Å². The molecule has 0 spiro atoms. The number of amides is 1. The van der Waals surface area contributed by atoms with Gasteiger partial charge in [-0.2, -0.15) is 0 Å². The van der Waals surface area contributed by atoms with Crippen LogP contribution in [0.15, 0.2) is 54.6 Å². The van der Waals surface area contributed by atoms with Crippen molar-refractivity contribution in [3.63, 3.8) is 0 Å². The van der Waals surface area contributed by atoms with Crippen LogP contribution in [0.5, 0.6) is 0 Å². The van der Waals surface area contributed by atoms with Crippen LogP contribution in [0, 0.1) is 0 Å². The Kier molecular flexibility index (Phi) is 3.72. The minimum Gasteiger partial charge on any atom is -0.335 e. The summed E-state index contributed by atoms with van der Waals surface area (Å²) < 4.78 is 0. The number of nitrogens with zero attached hydrogens (tertiary/aromatic N) is 1. The maximum atomic E-state index is 12.3. The molecular formula is C23H26N2O. The summed E-state index contributed by atoms with van der Waals surface area (Å²) in [7, 11) is 0. The smallest absolute Gasteiger partial charge is 0.241 e. The Morgan fingerprint density at radius 3 is 2.46 bits per heavy atom. The second-order valence-corrected chi connectivity index (χ2v) is 8.20. The summed E-state index contributed by atoms with van der Waals surface area (Å²) in [4.78, 5) is 14.5. The van der Waals surface area contributed by atoms with E-state index in [0.717, 1.165) is 11.3 Å². The molecule has 1 saturated heterocycles. The molecule has 0 saturated carbocycles. The van der Waals surface area contributed by atoms with Gasteiger partial charge >= 0.3 is 0 Å². The highest BCUT2D eigenvalue weighted by molar-refractivity contribution is 5.91. The number of rotatable bonds is 3. The molecule has 1 fully saturated rings. The van der Waals surface area contributed by atoms with Crippen molar-refractivity contribution in [1.29, 1.82) is 0 Å². The largest absolute Gasteiger partial charge is 0.335 e. The summed E-state index contributed by atoms with van der Waals surface area (Å²) >= 11 is 0. The molecule has 0 radical (unpaired) electrons. The minimum absolute atomic E-state index is 0.0763. The number of anilines is 1. The number of nitrogens with one attached hydrogen (secondary N) is 1. The zero-order valence-corrected chi connectivity index (χ0v) is 15.9. The van der Waals surface area contributed by atoms with Gasteiger partial charge in [0.05, 0.1) is 6.54 Å². The van der Waals surface area contributed by atoms with Crippen LogP contribution in [0.4, 0.5) is 5.69 Å². The molecule has 4 rings (SSSR count). The van der Waals surface area contributed by atoms with E-state index in [-0.39, 0.29) is 11.3 Å². The molecule has 1 unspecified atom stereocenters. The standard InChI is InChI=1S/C23H26N2O/c1-16(2)18-11-9-17(10-12-18)13-14-23-22(3,4)19-7-5-6-8-20(19)25(23)15-21(26)24-23/h5-14,16H,15H2,1-4H3,(H,24,26). The van der Waals surface area contributed by atoms with Crippen molar-refractivity contribution in [2.45, 2.75) is 44.7 Å². The maximum Gasteiger partial charge on any atom is 0.241 e. The van der Waals surface area contributed by atoms with Crippen molar-refractivity contribution in [3.8, 4) is 0 Å². The Hall–Kier alpha value is -2.55. The summed E-state index contributed by atoms with van der Waals surface area (Å²) in [6.07, 6.45) is 4.30. The van der Waals surface area contributed by atoms with E-state index in [1.54, 1.807) is 0 Å². The average Bonchev–Trinajstić information content (AvgIpc) is 3.05. The van der Waals surface area contributed by atoms with E-state index in [2.05, 4.69) is 92.5 Å². The van der Waals surface area contributed by atoms with Gasteiger partial charge in [-0.3, -0.25) is 4.79 Å². The molecular weight excluding hydrogens is 320 g/mol. The lowest BCUT2D eigenvalue weighted by Gasteiger charge is -2.40. The molecule has 134 valence electrons. The van der Waals surface area contributed by atoms with Gasteiger partial charge in [-0.15, -0.1) is 0 Å². The normalized spacial score (nSPS) is 23.4. The summed E-state index contributed by atoms with van der Waals surface area (Å²) in [6, 6.07) is 17.1. The molecule has 1 atom stereocenters. The molecule has 0 aromatic heterocycles. The number of benzene rings is 2. The van der Waals surface area contributed by atoms with Crippen LogP contribution in [-0.4, -0.2) is 18.1 Å². The highest BCUT2D eigenvalue weighted by Gasteiger charge is 2.59. The van der Waals surface area contributed by atoms with E-state index < -0.39 is 5.66 Å². The number of para-hydroxylation sites is 1. The van der Waals surface area contributed by atoms with Crippen molar-refractivity contribution < 1.29 is 4.79 Å². The van der Waals surface area contributed by atoms with E-state index in [1.807, 2.05) is 6.07 Å². The lowest BCUT2D eigenvalue weighted by Crippen LogP contribution is -2.58. The number of hydrogen-bond acceptors (Lipinski definition) is 2. The van der Waals surface area contributed by atoms with Crippen molar-refractivity contribution in [2.75, 3.05) is 11.4 Å². The molecule has 2 aromatic rings. The Morgan fingerprint density at radius 1 is 1.08 bits per heavy atom. The van der Waals surface area contributed by atoms with Gasteiger partial charge in [-0.25, -0.2) is 0 Å². The lowest BCUT2D eigenvalue weighted by atomic mass is 9.75. The second-order valence-electron chi connectivity index (χ2n) is 8.20. The van der Waals surface area contributed by atoms with Crippen LogP contribution >= 0.6 is 0 Å². The lowest BCUT2D eigenvalue weighted by molar-refractivity contribution is -0.118. The molecule has 2 aliphatic heterocycles. The number of carbonyl (C=O) groups is 1. The molecule has 26 heavy (non-hydrogen) atoms. The fourth-order valence-corrected chi connectivity index (χ4v) is 4.35. The molecule has 1 amide bonds. The molecule has 2 aromatic carbocycles. The maximum absolute atomic E-state index is 12.3. The minimum atomic E-state index is -0.523. The molecule has 2 aliphatic rings. The highest BCUT2D eigenvalue weighted by atomic mass is 16.2. The van der Waals surface area contributed by atoms with E-state index in [9.17, 15) is 4.79 Å². The van der Waals surface area contributed by atoms with E-state index >= 15 is 0 Å². The van der Waals surface area contributed by atoms with Crippen LogP contribution in [0.3, 0.4) is 0 Å². The van der Waals surface area contributed by atoms with Crippen LogP contribution in [0.1, 0.15) is 50.3 Å². The fourth-order valence-electron chi connectivity index (χ4n) is 4.35. The fraction of sp³-hybridized carbons (Fsp3) is 0.348. The first kappa shape index (κ1) is 16.9. The molecule has 2 heterocycles.